The highest BCUT2D eigenvalue weighted by atomic mass is 32.2. The lowest BCUT2D eigenvalue weighted by molar-refractivity contribution is 0.367. The molecule has 21 heavy (non-hydrogen) atoms. The van der Waals surface area contributed by atoms with Gasteiger partial charge in [-0.25, -0.2) is 12.8 Å². The Hall–Kier alpha value is -2.34. The van der Waals surface area contributed by atoms with Crippen molar-refractivity contribution in [3.63, 3.8) is 0 Å². The van der Waals surface area contributed by atoms with Crippen LogP contribution < -0.4 is 10.5 Å². The number of benzene rings is 2. The largest absolute Gasteiger partial charge is 0.489 e. The molecule has 0 saturated heterocycles. The molecule has 0 saturated carbocycles. The molecule has 2 aromatic rings. The summed E-state index contributed by atoms with van der Waals surface area (Å²) in [5.74, 6) is -0.0733. The number of nitrogens with two attached hydrogens (primary N) is 1. The first-order valence-corrected chi connectivity index (χ1v) is 7.74. The molecule has 1 aliphatic heterocycles. The first-order valence-electron chi connectivity index (χ1n) is 6.20. The molecule has 0 aliphatic carbocycles. The second-order valence-corrected chi connectivity index (χ2v) is 6.46. The zero-order valence-electron chi connectivity index (χ0n) is 10.9. The Balaban J connectivity index is 1.89. The summed E-state index contributed by atoms with van der Waals surface area (Å²) in [6.07, 6.45) is 0. The number of nitrogen functional groups attached to an aromatic ring is 1. The molecule has 0 unspecified atom stereocenters. The summed E-state index contributed by atoms with van der Waals surface area (Å²) in [6.45, 7) is 0.0269. The van der Waals surface area contributed by atoms with Crippen LogP contribution in [0.5, 0.6) is 5.75 Å². The number of sulfone groups is 1. The first-order chi connectivity index (χ1) is 9.95. The predicted octanol–water partition coefficient (Wildman–Crippen LogP) is 2.62. The quantitative estimate of drug-likeness (QED) is 0.885. The minimum absolute atomic E-state index is 0.0269. The van der Waals surface area contributed by atoms with E-state index >= 15 is 0 Å². The average molecular weight is 305 g/mol. The molecule has 0 spiro atoms. The van der Waals surface area contributed by atoms with Gasteiger partial charge in [-0.15, -0.1) is 0 Å². The van der Waals surface area contributed by atoms with E-state index in [-0.39, 0.29) is 11.5 Å². The first kappa shape index (κ1) is 13.6. The summed E-state index contributed by atoms with van der Waals surface area (Å²) < 4.78 is 42.5. The summed E-state index contributed by atoms with van der Waals surface area (Å²) in [7, 11) is -3.46. The maximum atomic E-state index is 13.1. The summed E-state index contributed by atoms with van der Waals surface area (Å²) >= 11 is 0. The highest BCUT2D eigenvalue weighted by Gasteiger charge is 2.27. The lowest BCUT2D eigenvalue weighted by Gasteiger charge is -2.08. The van der Waals surface area contributed by atoms with Gasteiger partial charge < -0.3 is 10.5 Å². The molecule has 6 heteroatoms. The highest BCUT2D eigenvalue weighted by Crippen LogP contribution is 2.34. The molecular weight excluding hydrogens is 293 g/mol. The molecular formula is C15H12FNO3S. The van der Waals surface area contributed by atoms with Crippen molar-refractivity contribution >= 4 is 21.1 Å². The Morgan fingerprint density at radius 2 is 1.95 bits per heavy atom. The molecule has 0 bridgehead atoms. The fourth-order valence-corrected chi connectivity index (χ4v) is 3.64. The number of rotatable bonds is 3. The third-order valence-electron chi connectivity index (χ3n) is 3.14. The van der Waals surface area contributed by atoms with Crippen molar-refractivity contribution in [2.75, 3.05) is 12.3 Å². The van der Waals surface area contributed by atoms with Crippen LogP contribution in [0.15, 0.2) is 52.8 Å². The van der Waals surface area contributed by atoms with Gasteiger partial charge in [0.25, 0.3) is 0 Å². The van der Waals surface area contributed by atoms with Gasteiger partial charge in [-0.05, 0) is 30.3 Å². The molecule has 1 aliphatic rings. The lowest BCUT2D eigenvalue weighted by Crippen LogP contribution is -2.00. The lowest BCUT2D eigenvalue weighted by atomic mass is 10.1. The van der Waals surface area contributed by atoms with Crippen molar-refractivity contribution in [2.24, 2.45) is 0 Å². The van der Waals surface area contributed by atoms with Gasteiger partial charge in [-0.2, -0.15) is 0 Å². The fraction of sp³-hybridized carbons (Fsp3) is 0.0667. The Bertz CT molecular complexity index is 844. The standard InChI is InChI=1S/C15H12FNO3S/c16-11-2-1-3-13(6-11)20-8-10-9-21(18,19)15-5-4-12(17)7-14(10)15/h1-7,9H,8,17H2. The topological polar surface area (TPSA) is 69.4 Å². The van der Waals surface area contributed by atoms with Crippen molar-refractivity contribution in [3.8, 4) is 5.75 Å². The van der Waals surface area contributed by atoms with E-state index < -0.39 is 15.7 Å². The number of hydrogen-bond donors (Lipinski definition) is 1. The van der Waals surface area contributed by atoms with Crippen LogP contribution in [0.4, 0.5) is 10.1 Å². The van der Waals surface area contributed by atoms with Gasteiger partial charge in [0.2, 0.25) is 9.84 Å². The molecule has 3 rings (SSSR count). The van der Waals surface area contributed by atoms with E-state index in [0.717, 1.165) is 5.41 Å². The summed E-state index contributed by atoms with van der Waals surface area (Å²) in [5.41, 5.74) is 7.21. The van der Waals surface area contributed by atoms with Gasteiger partial charge in [-0.1, -0.05) is 6.07 Å². The normalized spacial score (nSPS) is 15.4. The third kappa shape index (κ3) is 2.62. The maximum Gasteiger partial charge on any atom is 0.200 e. The molecule has 4 nitrogen and oxygen atoms in total. The molecule has 0 amide bonds. The van der Waals surface area contributed by atoms with Crippen LogP contribution >= 0.6 is 0 Å². The van der Waals surface area contributed by atoms with E-state index in [2.05, 4.69) is 0 Å². The van der Waals surface area contributed by atoms with Crippen LogP contribution in [0.1, 0.15) is 5.56 Å². The van der Waals surface area contributed by atoms with Crippen LogP contribution in [0.2, 0.25) is 0 Å². The van der Waals surface area contributed by atoms with Crippen molar-refractivity contribution < 1.29 is 17.5 Å². The number of halogens is 1. The maximum absolute atomic E-state index is 13.1. The fourth-order valence-electron chi connectivity index (χ4n) is 2.19. The van der Waals surface area contributed by atoms with E-state index in [9.17, 15) is 12.8 Å². The van der Waals surface area contributed by atoms with Crippen molar-refractivity contribution in [1.82, 2.24) is 0 Å². The Kier molecular flexibility index (Phi) is 3.17. The van der Waals surface area contributed by atoms with Gasteiger partial charge in [0, 0.05) is 28.3 Å². The Morgan fingerprint density at radius 3 is 2.71 bits per heavy atom. The number of ether oxygens (including phenoxy) is 1. The molecule has 0 fully saturated rings. The summed E-state index contributed by atoms with van der Waals surface area (Å²) in [4.78, 5) is 0.217. The molecule has 108 valence electrons. The van der Waals surface area contributed by atoms with E-state index in [4.69, 9.17) is 10.5 Å². The minimum atomic E-state index is -3.46. The van der Waals surface area contributed by atoms with Gasteiger partial charge in [-0.3, -0.25) is 0 Å². The average Bonchev–Trinajstić information content (AvgIpc) is 2.67. The zero-order chi connectivity index (χ0) is 15.0. The Morgan fingerprint density at radius 1 is 1.14 bits per heavy atom. The number of anilines is 1. The molecule has 0 radical (unpaired) electrons. The molecule has 2 aromatic carbocycles. The van der Waals surface area contributed by atoms with Gasteiger partial charge in [0.1, 0.15) is 18.2 Å². The molecule has 2 N–H and O–H groups in total. The van der Waals surface area contributed by atoms with Crippen molar-refractivity contribution in [2.45, 2.75) is 4.90 Å². The van der Waals surface area contributed by atoms with Crippen molar-refractivity contribution in [3.05, 3.63) is 59.3 Å². The molecule has 0 aromatic heterocycles. The minimum Gasteiger partial charge on any atom is -0.489 e. The van der Waals surface area contributed by atoms with E-state index in [1.54, 1.807) is 18.2 Å². The second kappa shape index (κ2) is 4.89. The van der Waals surface area contributed by atoms with Gasteiger partial charge in [0.05, 0.1) is 4.90 Å². The third-order valence-corrected chi connectivity index (χ3v) is 4.71. The number of hydrogen-bond acceptors (Lipinski definition) is 4. The second-order valence-electron chi connectivity index (χ2n) is 4.69. The van der Waals surface area contributed by atoms with Crippen LogP contribution in [0.25, 0.3) is 5.57 Å². The predicted molar refractivity (Wildman–Crippen MR) is 77.9 cm³/mol. The van der Waals surface area contributed by atoms with Gasteiger partial charge in [0.15, 0.2) is 0 Å². The molecule has 0 atom stereocenters. The van der Waals surface area contributed by atoms with E-state index in [0.29, 0.717) is 22.6 Å². The zero-order valence-corrected chi connectivity index (χ0v) is 11.7. The number of fused-ring (bicyclic) bond motifs is 1. The van der Waals surface area contributed by atoms with Crippen LogP contribution in [0, 0.1) is 5.82 Å². The monoisotopic (exact) mass is 305 g/mol. The van der Waals surface area contributed by atoms with Gasteiger partial charge >= 0.3 is 0 Å². The van der Waals surface area contributed by atoms with Crippen molar-refractivity contribution in [1.29, 1.82) is 0 Å². The molecule has 1 heterocycles. The van der Waals surface area contributed by atoms with Crippen LogP contribution in [-0.2, 0) is 9.84 Å². The highest BCUT2D eigenvalue weighted by molar-refractivity contribution is 7.95. The summed E-state index contributed by atoms with van der Waals surface area (Å²) in [6, 6.07) is 10.3. The van der Waals surface area contributed by atoms with E-state index in [1.807, 2.05) is 0 Å². The SMILES string of the molecule is Nc1ccc2c(c1)C(COc1cccc(F)c1)=CS2(=O)=O. The van der Waals surface area contributed by atoms with Crippen LogP contribution in [0.3, 0.4) is 0 Å². The van der Waals surface area contributed by atoms with E-state index in [1.165, 1.54) is 24.3 Å². The van der Waals surface area contributed by atoms with Crippen LogP contribution in [-0.4, -0.2) is 15.0 Å². The smallest absolute Gasteiger partial charge is 0.200 e. The Labute approximate surface area is 121 Å². The summed E-state index contributed by atoms with van der Waals surface area (Å²) in [5, 5.41) is 1.16.